The van der Waals surface area contributed by atoms with E-state index in [9.17, 15) is 14.4 Å². The third-order valence-electron chi connectivity index (χ3n) is 5.70. The second-order valence-electron chi connectivity index (χ2n) is 8.23. The van der Waals surface area contributed by atoms with Gasteiger partial charge >= 0.3 is 6.03 Å². The number of nitrogens with zero attached hydrogens (tertiary/aromatic N) is 1. The minimum atomic E-state index is -0.589. The Morgan fingerprint density at radius 2 is 1.71 bits per heavy atom. The van der Waals surface area contributed by atoms with Crippen LogP contribution in [0.5, 0.6) is 0 Å². The average Bonchev–Trinajstić information content (AvgIpc) is 3.30. The SMILES string of the molecule is NC(=O)CC1Sc2ccc(NC(=O)Nc3ccc4cc[nH]c4c3)cc2N(Cc2ccccc2)C1=O. The molecule has 1 aromatic heterocycles. The van der Waals surface area contributed by atoms with Crippen LogP contribution in [0.4, 0.5) is 21.9 Å². The number of carbonyl (C=O) groups excluding carboxylic acids is 3. The Balaban J connectivity index is 1.38. The summed E-state index contributed by atoms with van der Waals surface area (Å²) in [6.07, 6.45) is 1.80. The summed E-state index contributed by atoms with van der Waals surface area (Å²) in [5, 5.41) is 6.14. The minimum absolute atomic E-state index is 0.0399. The Labute approximate surface area is 205 Å². The van der Waals surface area contributed by atoms with E-state index in [1.54, 1.807) is 17.0 Å². The van der Waals surface area contributed by atoms with Gasteiger partial charge in [-0.1, -0.05) is 36.4 Å². The van der Waals surface area contributed by atoms with E-state index in [2.05, 4.69) is 15.6 Å². The molecule has 3 aromatic carbocycles. The largest absolute Gasteiger partial charge is 0.370 e. The van der Waals surface area contributed by atoms with Crippen molar-refractivity contribution in [1.29, 1.82) is 0 Å². The maximum Gasteiger partial charge on any atom is 0.323 e. The van der Waals surface area contributed by atoms with Crippen molar-refractivity contribution in [1.82, 2.24) is 4.98 Å². The molecule has 0 spiro atoms. The number of carbonyl (C=O) groups is 3. The molecule has 35 heavy (non-hydrogen) atoms. The van der Waals surface area contributed by atoms with Gasteiger partial charge in [0.2, 0.25) is 11.8 Å². The van der Waals surface area contributed by atoms with Crippen LogP contribution in [0.25, 0.3) is 10.9 Å². The summed E-state index contributed by atoms with van der Waals surface area (Å²) in [4.78, 5) is 43.1. The number of primary amides is 1. The third-order valence-corrected chi connectivity index (χ3v) is 6.95. The van der Waals surface area contributed by atoms with Crippen LogP contribution in [-0.4, -0.2) is 28.1 Å². The van der Waals surface area contributed by atoms with Gasteiger partial charge in [0.1, 0.15) is 0 Å². The molecular formula is C26H23N5O3S. The zero-order chi connectivity index (χ0) is 24.4. The number of hydrogen-bond donors (Lipinski definition) is 4. The first kappa shape index (κ1) is 22.5. The van der Waals surface area contributed by atoms with Crippen molar-refractivity contribution in [3.63, 3.8) is 0 Å². The number of nitrogens with one attached hydrogen (secondary N) is 3. The summed E-state index contributed by atoms with van der Waals surface area (Å²) in [6.45, 7) is 0.342. The molecule has 5 rings (SSSR count). The first-order valence-corrected chi connectivity index (χ1v) is 11.9. The fourth-order valence-corrected chi connectivity index (χ4v) is 5.28. The van der Waals surface area contributed by atoms with E-state index in [1.807, 2.05) is 66.9 Å². The van der Waals surface area contributed by atoms with Crippen LogP contribution in [0.3, 0.4) is 0 Å². The van der Waals surface area contributed by atoms with E-state index < -0.39 is 17.2 Å². The van der Waals surface area contributed by atoms with Crippen molar-refractivity contribution in [3.8, 4) is 0 Å². The molecule has 5 N–H and O–H groups in total. The van der Waals surface area contributed by atoms with E-state index in [-0.39, 0.29) is 12.3 Å². The number of anilines is 3. The fraction of sp³-hybridized carbons (Fsp3) is 0.115. The monoisotopic (exact) mass is 485 g/mol. The highest BCUT2D eigenvalue weighted by Crippen LogP contribution is 2.42. The van der Waals surface area contributed by atoms with Crippen molar-refractivity contribution < 1.29 is 14.4 Å². The number of H-pyrrole nitrogens is 1. The van der Waals surface area contributed by atoms with Gasteiger partial charge in [-0.3, -0.25) is 9.59 Å². The number of thioether (sulfide) groups is 1. The first-order chi connectivity index (χ1) is 17.0. The number of fused-ring (bicyclic) bond motifs is 2. The fourth-order valence-electron chi connectivity index (χ4n) is 4.06. The van der Waals surface area contributed by atoms with Crippen molar-refractivity contribution in [2.24, 2.45) is 5.73 Å². The van der Waals surface area contributed by atoms with Gasteiger partial charge in [-0.05, 0) is 47.3 Å². The number of amides is 4. The number of aromatic amines is 1. The lowest BCUT2D eigenvalue weighted by molar-refractivity contribution is -0.123. The van der Waals surface area contributed by atoms with Gasteiger partial charge in [0.05, 0.1) is 17.5 Å². The Morgan fingerprint density at radius 3 is 2.49 bits per heavy atom. The molecule has 2 heterocycles. The van der Waals surface area contributed by atoms with Gasteiger partial charge in [-0.15, -0.1) is 11.8 Å². The predicted octanol–water partition coefficient (Wildman–Crippen LogP) is 4.69. The van der Waals surface area contributed by atoms with Crippen LogP contribution < -0.4 is 21.3 Å². The normalized spacial score (nSPS) is 15.0. The maximum absolute atomic E-state index is 13.3. The highest BCUT2D eigenvalue weighted by Gasteiger charge is 2.34. The Morgan fingerprint density at radius 1 is 0.971 bits per heavy atom. The molecule has 176 valence electrons. The smallest absolute Gasteiger partial charge is 0.323 e. The molecule has 1 aliphatic heterocycles. The topological polar surface area (TPSA) is 120 Å². The van der Waals surface area contributed by atoms with E-state index in [0.717, 1.165) is 21.4 Å². The Hall–Kier alpha value is -4.24. The van der Waals surface area contributed by atoms with Gasteiger partial charge in [0.25, 0.3) is 0 Å². The van der Waals surface area contributed by atoms with E-state index >= 15 is 0 Å². The van der Waals surface area contributed by atoms with Gasteiger partial charge < -0.3 is 26.3 Å². The summed E-state index contributed by atoms with van der Waals surface area (Å²) in [7, 11) is 0. The molecule has 1 aliphatic rings. The van der Waals surface area contributed by atoms with Crippen molar-refractivity contribution in [2.75, 3.05) is 15.5 Å². The zero-order valence-electron chi connectivity index (χ0n) is 18.7. The van der Waals surface area contributed by atoms with Crippen LogP contribution in [0.15, 0.2) is 83.9 Å². The third kappa shape index (κ3) is 4.99. The van der Waals surface area contributed by atoms with Crippen molar-refractivity contribution >= 4 is 57.6 Å². The Kier molecular flexibility index (Phi) is 6.15. The summed E-state index contributed by atoms with van der Waals surface area (Å²) >= 11 is 1.32. The quantitative estimate of drug-likeness (QED) is 0.316. The number of benzene rings is 3. The molecular weight excluding hydrogens is 462 g/mol. The molecule has 0 saturated heterocycles. The number of hydrogen-bond acceptors (Lipinski definition) is 4. The van der Waals surface area contributed by atoms with Crippen molar-refractivity contribution in [3.05, 3.63) is 84.6 Å². The first-order valence-electron chi connectivity index (χ1n) is 11.1. The summed E-state index contributed by atoms with van der Waals surface area (Å²) in [6, 6.07) is 22.2. The second-order valence-corrected chi connectivity index (χ2v) is 9.47. The lowest BCUT2D eigenvalue weighted by atomic mass is 10.1. The molecule has 0 fully saturated rings. The maximum atomic E-state index is 13.3. The lowest BCUT2D eigenvalue weighted by Gasteiger charge is -2.34. The highest BCUT2D eigenvalue weighted by molar-refractivity contribution is 8.01. The molecule has 0 aliphatic carbocycles. The van der Waals surface area contributed by atoms with Gasteiger partial charge in [0, 0.05) is 34.4 Å². The van der Waals surface area contributed by atoms with Gasteiger partial charge in [-0.25, -0.2) is 4.79 Å². The van der Waals surface area contributed by atoms with Crippen LogP contribution >= 0.6 is 11.8 Å². The molecule has 1 atom stereocenters. The summed E-state index contributed by atoms with van der Waals surface area (Å²) in [5.74, 6) is -0.711. The number of urea groups is 1. The van der Waals surface area contributed by atoms with E-state index in [1.165, 1.54) is 11.8 Å². The summed E-state index contributed by atoms with van der Waals surface area (Å²) in [5.41, 5.74) is 9.14. The number of nitrogens with two attached hydrogens (primary N) is 1. The van der Waals surface area contributed by atoms with E-state index in [0.29, 0.717) is 23.6 Å². The molecule has 0 radical (unpaired) electrons. The molecule has 4 amide bonds. The second kappa shape index (κ2) is 9.55. The molecule has 9 heteroatoms. The minimum Gasteiger partial charge on any atom is -0.370 e. The van der Waals surface area contributed by atoms with Crippen LogP contribution in [0.2, 0.25) is 0 Å². The average molecular weight is 486 g/mol. The highest BCUT2D eigenvalue weighted by atomic mass is 32.2. The predicted molar refractivity (Wildman–Crippen MR) is 138 cm³/mol. The number of rotatable bonds is 6. The van der Waals surface area contributed by atoms with Crippen molar-refractivity contribution in [2.45, 2.75) is 23.1 Å². The molecule has 0 bridgehead atoms. The molecule has 4 aromatic rings. The van der Waals surface area contributed by atoms with E-state index in [4.69, 9.17) is 5.73 Å². The summed E-state index contributed by atoms with van der Waals surface area (Å²) < 4.78 is 0. The van der Waals surface area contributed by atoms with Crippen LogP contribution in [0.1, 0.15) is 12.0 Å². The molecule has 0 saturated carbocycles. The molecule has 8 nitrogen and oxygen atoms in total. The lowest BCUT2D eigenvalue weighted by Crippen LogP contribution is -2.42. The van der Waals surface area contributed by atoms with Crippen LogP contribution in [0, 0.1) is 0 Å². The zero-order valence-corrected chi connectivity index (χ0v) is 19.5. The van der Waals surface area contributed by atoms with Gasteiger partial charge in [0.15, 0.2) is 0 Å². The molecule has 1 unspecified atom stereocenters. The van der Waals surface area contributed by atoms with Gasteiger partial charge in [-0.2, -0.15) is 0 Å². The van der Waals surface area contributed by atoms with Crippen LogP contribution in [-0.2, 0) is 16.1 Å². The number of aromatic nitrogens is 1. The Bertz CT molecular complexity index is 1420. The standard InChI is InChI=1S/C26H23N5O3S/c27-24(32)14-23-25(33)31(15-16-4-2-1-3-5-16)21-13-19(8-9-22(21)35-23)30-26(34)29-18-7-6-17-10-11-28-20(17)12-18/h1-13,23,28H,14-15H2,(H2,27,32)(H2,29,30,34).